The van der Waals surface area contributed by atoms with Crippen molar-refractivity contribution in [3.05, 3.63) is 255 Å². The van der Waals surface area contributed by atoms with Gasteiger partial charge < -0.3 is 9.47 Å². The lowest BCUT2D eigenvalue weighted by Crippen LogP contribution is -2.11. The number of hydrogen-bond acceptors (Lipinski definition) is 1. The van der Waals surface area contributed by atoms with Gasteiger partial charge in [-0.1, -0.05) is 194 Å². The van der Waals surface area contributed by atoms with Crippen LogP contribution in [0.2, 0.25) is 0 Å². The molecule has 2 heteroatoms. The Bertz CT molecular complexity index is 3310. The lowest BCUT2D eigenvalue weighted by atomic mass is 9.93. The van der Waals surface area contributed by atoms with Crippen molar-refractivity contribution in [2.24, 2.45) is 0 Å². The van der Waals surface area contributed by atoms with Crippen LogP contribution in [0.4, 0.5) is 17.1 Å². The molecule has 0 radical (unpaired) electrons. The first-order valence-electron chi connectivity index (χ1n) is 21.3. The van der Waals surface area contributed by atoms with Gasteiger partial charge in [0.25, 0.3) is 0 Å². The van der Waals surface area contributed by atoms with E-state index < -0.39 is 0 Å². The Morgan fingerprint density at radius 3 is 1.39 bits per heavy atom. The molecule has 0 aliphatic carbocycles. The van der Waals surface area contributed by atoms with Gasteiger partial charge >= 0.3 is 0 Å². The predicted molar refractivity (Wildman–Crippen MR) is 263 cm³/mol. The van der Waals surface area contributed by atoms with Gasteiger partial charge in [0.15, 0.2) is 0 Å². The van der Waals surface area contributed by atoms with Crippen LogP contribution in [0.1, 0.15) is 0 Å². The van der Waals surface area contributed by atoms with Gasteiger partial charge in [0, 0.05) is 33.4 Å². The molecular weight excluding hydrogens is 749 g/mol. The van der Waals surface area contributed by atoms with Crippen molar-refractivity contribution in [1.29, 1.82) is 0 Å². The van der Waals surface area contributed by atoms with Crippen LogP contribution >= 0.6 is 0 Å². The third-order valence-electron chi connectivity index (χ3n) is 12.0. The highest BCUT2D eigenvalue weighted by atomic mass is 15.1. The Kier molecular flexibility index (Phi) is 9.57. The molecule has 1 aromatic heterocycles. The van der Waals surface area contributed by atoms with Gasteiger partial charge in [-0.05, 0) is 111 Å². The summed E-state index contributed by atoms with van der Waals surface area (Å²) in [7, 11) is 0. The number of benzene rings is 10. The number of para-hydroxylation sites is 3. The van der Waals surface area contributed by atoms with Gasteiger partial charge in [0.05, 0.1) is 16.7 Å². The lowest BCUT2D eigenvalue weighted by molar-refractivity contribution is 1.18. The Hall–Kier alpha value is -8.20. The Labute approximate surface area is 362 Å². The van der Waals surface area contributed by atoms with E-state index in [0.29, 0.717) is 0 Å². The van der Waals surface area contributed by atoms with Crippen LogP contribution in [0.5, 0.6) is 0 Å². The molecule has 0 atom stereocenters. The van der Waals surface area contributed by atoms with Crippen LogP contribution in [0.15, 0.2) is 255 Å². The molecule has 0 fully saturated rings. The summed E-state index contributed by atoms with van der Waals surface area (Å²) in [6.07, 6.45) is 0. The molecule has 11 rings (SSSR count). The van der Waals surface area contributed by atoms with E-state index >= 15 is 0 Å². The molecule has 0 spiro atoms. The molecule has 0 amide bonds. The van der Waals surface area contributed by atoms with Gasteiger partial charge in [0.1, 0.15) is 0 Å². The van der Waals surface area contributed by atoms with Crippen LogP contribution in [0.25, 0.3) is 83.1 Å². The maximum absolute atomic E-state index is 2.40. The topological polar surface area (TPSA) is 8.17 Å². The molecule has 2 nitrogen and oxygen atoms in total. The summed E-state index contributed by atoms with van der Waals surface area (Å²) >= 11 is 0. The third-order valence-corrected chi connectivity index (χ3v) is 12.0. The molecule has 0 aliphatic rings. The molecule has 0 aliphatic heterocycles. The molecule has 1 heterocycles. The van der Waals surface area contributed by atoms with Gasteiger partial charge in [0.2, 0.25) is 0 Å². The molecule has 62 heavy (non-hydrogen) atoms. The van der Waals surface area contributed by atoms with E-state index in [9.17, 15) is 0 Å². The van der Waals surface area contributed by atoms with E-state index in [1.807, 2.05) is 0 Å². The second kappa shape index (κ2) is 16.1. The third kappa shape index (κ3) is 6.84. The molecule has 0 bridgehead atoms. The quantitative estimate of drug-likeness (QED) is 0.141. The molecule has 0 saturated heterocycles. The van der Waals surface area contributed by atoms with Gasteiger partial charge in [-0.25, -0.2) is 0 Å². The minimum atomic E-state index is 1.09. The number of hydrogen-bond donors (Lipinski definition) is 0. The molecule has 0 saturated carbocycles. The standard InChI is InChI=1S/C60H42N2/c1-4-17-43(18-5-1)45-31-33-47(34-32-45)55-27-12-14-29-58(55)61(50-22-8-3-9-23-50)52-24-16-21-48(41-52)53-25-10-11-26-54(53)49-37-40-60-57(42-49)56-28-13-15-30-59(56)62(60)51-38-35-46(36-39-51)44-19-6-2-7-20-44/h1-42H. The van der Waals surface area contributed by atoms with E-state index in [-0.39, 0.29) is 0 Å². The Morgan fingerprint density at radius 2 is 0.710 bits per heavy atom. The summed E-state index contributed by atoms with van der Waals surface area (Å²) in [5, 5.41) is 2.47. The average molecular weight is 791 g/mol. The van der Waals surface area contributed by atoms with Gasteiger partial charge in [-0.15, -0.1) is 0 Å². The zero-order valence-corrected chi connectivity index (χ0v) is 34.1. The van der Waals surface area contributed by atoms with E-state index in [0.717, 1.165) is 28.3 Å². The summed E-state index contributed by atoms with van der Waals surface area (Å²) in [5.74, 6) is 0. The minimum absolute atomic E-state index is 1.09. The fourth-order valence-electron chi connectivity index (χ4n) is 9.04. The fraction of sp³-hybridized carbons (Fsp3) is 0. The molecule has 292 valence electrons. The van der Waals surface area contributed by atoms with Crippen molar-refractivity contribution >= 4 is 38.9 Å². The molecule has 0 unspecified atom stereocenters. The maximum Gasteiger partial charge on any atom is 0.0541 e. The molecule has 10 aromatic carbocycles. The van der Waals surface area contributed by atoms with Crippen LogP contribution in [-0.4, -0.2) is 4.57 Å². The number of aromatic nitrogens is 1. The van der Waals surface area contributed by atoms with Crippen LogP contribution in [-0.2, 0) is 0 Å². The number of rotatable bonds is 9. The zero-order chi connectivity index (χ0) is 41.2. The van der Waals surface area contributed by atoms with Crippen molar-refractivity contribution in [3.8, 4) is 61.3 Å². The average Bonchev–Trinajstić information content (AvgIpc) is 3.69. The van der Waals surface area contributed by atoms with Crippen LogP contribution in [0, 0.1) is 0 Å². The van der Waals surface area contributed by atoms with Crippen molar-refractivity contribution < 1.29 is 0 Å². The first-order chi connectivity index (χ1) is 30.8. The largest absolute Gasteiger partial charge is 0.310 e. The van der Waals surface area contributed by atoms with E-state index in [1.165, 1.54) is 71.9 Å². The van der Waals surface area contributed by atoms with E-state index in [4.69, 9.17) is 0 Å². The summed E-state index contributed by atoms with van der Waals surface area (Å²) < 4.78 is 2.40. The molecule has 0 N–H and O–H groups in total. The Balaban J connectivity index is 0.991. The molecule has 11 aromatic rings. The fourth-order valence-corrected chi connectivity index (χ4v) is 9.04. The summed E-state index contributed by atoms with van der Waals surface area (Å²) in [5.41, 5.74) is 18.8. The summed E-state index contributed by atoms with van der Waals surface area (Å²) in [6, 6.07) is 92.0. The highest BCUT2D eigenvalue weighted by molar-refractivity contribution is 6.11. The highest BCUT2D eigenvalue weighted by Gasteiger charge is 2.19. The van der Waals surface area contributed by atoms with Crippen molar-refractivity contribution in [3.63, 3.8) is 0 Å². The first kappa shape index (κ1) is 36.8. The minimum Gasteiger partial charge on any atom is -0.310 e. The zero-order valence-electron chi connectivity index (χ0n) is 34.1. The summed E-state index contributed by atoms with van der Waals surface area (Å²) in [4.78, 5) is 2.39. The SMILES string of the molecule is c1ccc(-c2ccc(-c3ccccc3N(c3ccccc3)c3cccc(-c4ccccc4-c4ccc5c(c4)c4ccccc4n5-c4ccc(-c5ccccc5)cc4)c3)cc2)cc1. The van der Waals surface area contributed by atoms with Crippen LogP contribution < -0.4 is 4.90 Å². The van der Waals surface area contributed by atoms with Crippen molar-refractivity contribution in [1.82, 2.24) is 4.57 Å². The first-order valence-corrected chi connectivity index (χ1v) is 21.3. The monoisotopic (exact) mass is 790 g/mol. The van der Waals surface area contributed by atoms with E-state index in [2.05, 4.69) is 264 Å². The molecular formula is C60H42N2. The summed E-state index contributed by atoms with van der Waals surface area (Å²) in [6.45, 7) is 0. The van der Waals surface area contributed by atoms with Crippen molar-refractivity contribution in [2.75, 3.05) is 4.90 Å². The smallest absolute Gasteiger partial charge is 0.0541 e. The second-order valence-corrected chi connectivity index (χ2v) is 15.7. The van der Waals surface area contributed by atoms with Gasteiger partial charge in [-0.2, -0.15) is 0 Å². The van der Waals surface area contributed by atoms with Gasteiger partial charge in [-0.3, -0.25) is 0 Å². The lowest BCUT2D eigenvalue weighted by Gasteiger charge is -2.28. The second-order valence-electron chi connectivity index (χ2n) is 15.7. The number of nitrogens with zero attached hydrogens (tertiary/aromatic N) is 2. The number of anilines is 3. The van der Waals surface area contributed by atoms with E-state index in [1.54, 1.807) is 0 Å². The van der Waals surface area contributed by atoms with Crippen LogP contribution in [0.3, 0.4) is 0 Å². The number of fused-ring (bicyclic) bond motifs is 3. The predicted octanol–water partition coefficient (Wildman–Crippen LogP) is 16.6. The van der Waals surface area contributed by atoms with Crippen molar-refractivity contribution in [2.45, 2.75) is 0 Å². The maximum atomic E-state index is 2.40. The normalized spacial score (nSPS) is 11.2. The highest BCUT2D eigenvalue weighted by Crippen LogP contribution is 2.44. The Morgan fingerprint density at radius 1 is 0.258 bits per heavy atom.